The molecule has 0 saturated heterocycles. The van der Waals surface area contributed by atoms with Crippen LogP contribution in [0.5, 0.6) is 5.75 Å². The minimum atomic E-state index is -0.236. The van der Waals surface area contributed by atoms with Crippen LogP contribution < -0.4 is 10.1 Å². The molecular formula is C19H21N3O2S. The molecule has 6 heteroatoms. The SMILES string of the molecule is CCC(CC)c1nnc(NC(=O)COc2ccc3ccccc3c2)s1. The van der Waals surface area contributed by atoms with Crippen LogP contribution in [-0.4, -0.2) is 22.7 Å². The van der Waals surface area contributed by atoms with Crippen molar-refractivity contribution in [2.24, 2.45) is 0 Å². The fourth-order valence-electron chi connectivity index (χ4n) is 2.65. The van der Waals surface area contributed by atoms with E-state index in [1.165, 1.54) is 11.3 Å². The lowest BCUT2D eigenvalue weighted by Crippen LogP contribution is -2.20. The predicted octanol–water partition coefficient (Wildman–Crippen LogP) is 4.61. The van der Waals surface area contributed by atoms with Crippen LogP contribution in [-0.2, 0) is 4.79 Å². The second kappa shape index (κ2) is 8.07. The van der Waals surface area contributed by atoms with E-state index >= 15 is 0 Å². The number of hydrogen-bond acceptors (Lipinski definition) is 5. The summed E-state index contributed by atoms with van der Waals surface area (Å²) in [7, 11) is 0. The molecule has 1 N–H and O–H groups in total. The Bertz CT molecular complexity index is 859. The number of anilines is 1. The summed E-state index contributed by atoms with van der Waals surface area (Å²) in [5.41, 5.74) is 0. The van der Waals surface area contributed by atoms with Crippen LogP contribution >= 0.6 is 11.3 Å². The van der Waals surface area contributed by atoms with Crippen molar-refractivity contribution in [3.05, 3.63) is 47.5 Å². The maximum atomic E-state index is 12.1. The summed E-state index contributed by atoms with van der Waals surface area (Å²) in [4.78, 5) is 12.1. The third-order valence-electron chi connectivity index (χ3n) is 4.11. The third kappa shape index (κ3) is 4.33. The molecule has 0 atom stereocenters. The normalized spacial score (nSPS) is 11.0. The zero-order chi connectivity index (χ0) is 17.6. The molecule has 2 aromatic carbocycles. The molecule has 0 radical (unpaired) electrons. The van der Waals surface area contributed by atoms with Gasteiger partial charge in [-0.25, -0.2) is 0 Å². The molecule has 1 heterocycles. The first-order valence-electron chi connectivity index (χ1n) is 8.44. The second-order valence-corrected chi connectivity index (χ2v) is 6.81. The standard InChI is InChI=1S/C19H21N3O2S/c1-3-13(4-2)18-21-22-19(25-18)20-17(23)12-24-16-10-9-14-7-5-6-8-15(14)11-16/h5-11,13H,3-4,12H2,1-2H3,(H,20,22,23). The van der Waals surface area contributed by atoms with Crippen LogP contribution in [0.1, 0.15) is 37.6 Å². The second-order valence-electron chi connectivity index (χ2n) is 5.80. The summed E-state index contributed by atoms with van der Waals surface area (Å²) in [5, 5.41) is 14.7. The van der Waals surface area contributed by atoms with Crippen LogP contribution in [0.2, 0.25) is 0 Å². The lowest BCUT2D eigenvalue weighted by Gasteiger charge is -2.07. The Balaban J connectivity index is 1.57. The highest BCUT2D eigenvalue weighted by atomic mass is 32.1. The topological polar surface area (TPSA) is 64.1 Å². The van der Waals surface area contributed by atoms with Crippen molar-refractivity contribution in [3.63, 3.8) is 0 Å². The Morgan fingerprint density at radius 3 is 2.64 bits per heavy atom. The fraction of sp³-hybridized carbons (Fsp3) is 0.316. The number of nitrogens with zero attached hydrogens (tertiary/aromatic N) is 2. The van der Waals surface area contributed by atoms with Gasteiger partial charge in [-0.05, 0) is 35.7 Å². The Morgan fingerprint density at radius 1 is 1.12 bits per heavy atom. The summed E-state index contributed by atoms with van der Waals surface area (Å²) in [6.07, 6.45) is 2.04. The summed E-state index contributed by atoms with van der Waals surface area (Å²) in [6.45, 7) is 4.20. The van der Waals surface area contributed by atoms with E-state index in [1.54, 1.807) is 0 Å². The van der Waals surface area contributed by atoms with Gasteiger partial charge in [0.15, 0.2) is 6.61 Å². The van der Waals surface area contributed by atoms with Crippen molar-refractivity contribution in [2.45, 2.75) is 32.6 Å². The molecule has 0 fully saturated rings. The molecule has 25 heavy (non-hydrogen) atoms. The van der Waals surface area contributed by atoms with Crippen molar-refractivity contribution in [2.75, 3.05) is 11.9 Å². The van der Waals surface area contributed by atoms with E-state index in [2.05, 4.69) is 29.4 Å². The average Bonchev–Trinajstić information content (AvgIpc) is 3.09. The van der Waals surface area contributed by atoms with Crippen LogP contribution in [0.15, 0.2) is 42.5 Å². The monoisotopic (exact) mass is 355 g/mol. The van der Waals surface area contributed by atoms with E-state index in [9.17, 15) is 4.79 Å². The quantitative estimate of drug-likeness (QED) is 0.672. The van der Waals surface area contributed by atoms with Gasteiger partial charge in [-0.3, -0.25) is 10.1 Å². The molecule has 3 aromatic rings. The van der Waals surface area contributed by atoms with E-state index in [0.717, 1.165) is 28.6 Å². The maximum Gasteiger partial charge on any atom is 0.264 e. The molecule has 0 spiro atoms. The van der Waals surface area contributed by atoms with Gasteiger partial charge in [0.05, 0.1) is 0 Å². The smallest absolute Gasteiger partial charge is 0.264 e. The number of benzene rings is 2. The van der Waals surface area contributed by atoms with Crippen molar-refractivity contribution in [1.29, 1.82) is 0 Å². The number of nitrogens with one attached hydrogen (secondary N) is 1. The van der Waals surface area contributed by atoms with Crippen molar-refractivity contribution in [1.82, 2.24) is 10.2 Å². The Morgan fingerprint density at radius 2 is 1.88 bits per heavy atom. The van der Waals surface area contributed by atoms with Gasteiger partial charge in [0, 0.05) is 5.92 Å². The largest absolute Gasteiger partial charge is 0.484 e. The lowest BCUT2D eigenvalue weighted by atomic mass is 10.1. The lowest BCUT2D eigenvalue weighted by molar-refractivity contribution is -0.118. The molecule has 1 amide bonds. The van der Waals surface area contributed by atoms with Crippen molar-refractivity contribution in [3.8, 4) is 5.75 Å². The molecule has 0 saturated carbocycles. The van der Waals surface area contributed by atoms with Gasteiger partial charge in [-0.15, -0.1) is 10.2 Å². The molecule has 0 aliphatic carbocycles. The highest BCUT2D eigenvalue weighted by Crippen LogP contribution is 2.28. The average molecular weight is 355 g/mol. The Hall–Kier alpha value is -2.47. The summed E-state index contributed by atoms with van der Waals surface area (Å²) in [6, 6.07) is 13.8. The van der Waals surface area contributed by atoms with Gasteiger partial charge >= 0.3 is 0 Å². The number of aromatic nitrogens is 2. The molecule has 0 unspecified atom stereocenters. The van der Waals surface area contributed by atoms with Crippen LogP contribution in [0, 0.1) is 0 Å². The Kier molecular flexibility index (Phi) is 5.60. The molecule has 1 aromatic heterocycles. The minimum Gasteiger partial charge on any atom is -0.484 e. The highest BCUT2D eigenvalue weighted by Gasteiger charge is 2.14. The number of amides is 1. The first-order valence-corrected chi connectivity index (χ1v) is 9.26. The van der Waals surface area contributed by atoms with E-state index in [4.69, 9.17) is 4.74 Å². The molecule has 3 rings (SSSR count). The molecule has 130 valence electrons. The van der Waals surface area contributed by atoms with E-state index < -0.39 is 0 Å². The van der Waals surface area contributed by atoms with Crippen LogP contribution in [0.4, 0.5) is 5.13 Å². The summed E-state index contributed by atoms with van der Waals surface area (Å²) < 4.78 is 5.59. The third-order valence-corrected chi connectivity index (χ3v) is 5.11. The van der Waals surface area contributed by atoms with Crippen molar-refractivity contribution >= 4 is 33.1 Å². The van der Waals surface area contributed by atoms with E-state index in [0.29, 0.717) is 16.8 Å². The van der Waals surface area contributed by atoms with E-state index in [-0.39, 0.29) is 12.5 Å². The highest BCUT2D eigenvalue weighted by molar-refractivity contribution is 7.15. The van der Waals surface area contributed by atoms with Gasteiger partial charge < -0.3 is 4.74 Å². The molecule has 5 nitrogen and oxygen atoms in total. The molecule has 0 bridgehead atoms. The number of rotatable bonds is 7. The molecule has 0 aliphatic heterocycles. The fourth-order valence-corrected chi connectivity index (χ4v) is 3.68. The maximum absolute atomic E-state index is 12.1. The summed E-state index contributed by atoms with van der Waals surface area (Å²) >= 11 is 1.43. The predicted molar refractivity (Wildman–Crippen MR) is 101 cm³/mol. The number of fused-ring (bicyclic) bond motifs is 1. The molecule has 0 aliphatic rings. The van der Waals surface area contributed by atoms with Crippen molar-refractivity contribution < 1.29 is 9.53 Å². The number of ether oxygens (including phenoxy) is 1. The Labute approximate surface area is 151 Å². The van der Waals surface area contributed by atoms with Gasteiger partial charge in [-0.2, -0.15) is 0 Å². The summed E-state index contributed by atoms with van der Waals surface area (Å²) in [5.74, 6) is 0.834. The van der Waals surface area contributed by atoms with Gasteiger partial charge in [0.1, 0.15) is 10.8 Å². The van der Waals surface area contributed by atoms with Crippen LogP contribution in [0.25, 0.3) is 10.8 Å². The number of carbonyl (C=O) groups is 1. The first-order chi connectivity index (χ1) is 12.2. The van der Waals surface area contributed by atoms with Gasteiger partial charge in [-0.1, -0.05) is 55.5 Å². The minimum absolute atomic E-state index is 0.0573. The van der Waals surface area contributed by atoms with Gasteiger partial charge in [0.2, 0.25) is 5.13 Å². The van der Waals surface area contributed by atoms with Gasteiger partial charge in [0.25, 0.3) is 5.91 Å². The zero-order valence-corrected chi connectivity index (χ0v) is 15.2. The number of carbonyl (C=O) groups excluding carboxylic acids is 1. The zero-order valence-electron chi connectivity index (χ0n) is 14.4. The molecular weight excluding hydrogens is 334 g/mol. The number of hydrogen-bond donors (Lipinski definition) is 1. The van der Waals surface area contributed by atoms with Crippen LogP contribution in [0.3, 0.4) is 0 Å². The van der Waals surface area contributed by atoms with E-state index in [1.807, 2.05) is 42.5 Å². The first kappa shape index (κ1) is 17.4.